The second-order valence-electron chi connectivity index (χ2n) is 6.90. The van der Waals surface area contributed by atoms with Crippen molar-refractivity contribution in [2.24, 2.45) is 11.1 Å². The molecular formula is C18H29N. The van der Waals surface area contributed by atoms with Crippen molar-refractivity contribution < 1.29 is 0 Å². The van der Waals surface area contributed by atoms with Crippen LogP contribution in [-0.4, -0.2) is 6.04 Å². The summed E-state index contributed by atoms with van der Waals surface area (Å²) in [5.74, 6) is 0. The van der Waals surface area contributed by atoms with E-state index in [2.05, 4.69) is 39.8 Å². The van der Waals surface area contributed by atoms with Gasteiger partial charge < -0.3 is 5.73 Å². The Kier molecular flexibility index (Phi) is 4.35. The highest BCUT2D eigenvalue weighted by Gasteiger charge is 2.33. The number of rotatable bonds is 3. The zero-order valence-electron chi connectivity index (χ0n) is 13.1. The second kappa shape index (κ2) is 5.66. The Hall–Kier alpha value is -0.820. The van der Waals surface area contributed by atoms with Gasteiger partial charge in [0.1, 0.15) is 0 Å². The van der Waals surface area contributed by atoms with Crippen LogP contribution in [0.4, 0.5) is 0 Å². The van der Waals surface area contributed by atoms with Crippen LogP contribution in [0.25, 0.3) is 0 Å². The molecule has 0 aliphatic heterocycles. The minimum atomic E-state index is 0.299. The zero-order chi connectivity index (χ0) is 14.0. The van der Waals surface area contributed by atoms with Crippen molar-refractivity contribution in [3.63, 3.8) is 0 Å². The Morgan fingerprint density at radius 1 is 1.05 bits per heavy atom. The van der Waals surface area contributed by atoms with E-state index in [1.807, 2.05) is 0 Å². The third kappa shape index (κ3) is 3.20. The highest BCUT2D eigenvalue weighted by molar-refractivity contribution is 5.38. The average Bonchev–Trinajstić information content (AvgIpc) is 2.34. The molecule has 2 N–H and O–H groups in total. The standard InChI is InChI=1S/C18H29N/c1-13-10-14(2)16(15(3)11-13)12-17(19)18(4)8-6-5-7-9-18/h10-11,17H,5-9,12,19H2,1-4H3. The molecule has 1 aliphatic rings. The van der Waals surface area contributed by atoms with Crippen molar-refractivity contribution in [2.75, 3.05) is 0 Å². The van der Waals surface area contributed by atoms with Crippen LogP contribution in [0.3, 0.4) is 0 Å². The molecule has 0 radical (unpaired) electrons. The molecule has 1 aliphatic carbocycles. The van der Waals surface area contributed by atoms with Crippen molar-refractivity contribution in [1.29, 1.82) is 0 Å². The van der Waals surface area contributed by atoms with E-state index >= 15 is 0 Å². The van der Waals surface area contributed by atoms with Crippen LogP contribution in [0.15, 0.2) is 12.1 Å². The summed E-state index contributed by atoms with van der Waals surface area (Å²) in [6.07, 6.45) is 7.75. The molecule has 1 aromatic rings. The maximum absolute atomic E-state index is 6.59. The Morgan fingerprint density at radius 3 is 2.11 bits per heavy atom. The summed E-state index contributed by atoms with van der Waals surface area (Å²) in [5, 5.41) is 0. The molecule has 1 saturated carbocycles. The highest BCUT2D eigenvalue weighted by atomic mass is 14.7. The summed E-state index contributed by atoms with van der Waals surface area (Å²) in [5.41, 5.74) is 12.6. The van der Waals surface area contributed by atoms with E-state index in [1.165, 1.54) is 54.4 Å². The lowest BCUT2D eigenvalue weighted by atomic mass is 9.69. The smallest absolute Gasteiger partial charge is 0.0134 e. The first-order valence-corrected chi connectivity index (χ1v) is 7.75. The first kappa shape index (κ1) is 14.6. The monoisotopic (exact) mass is 259 g/mol. The van der Waals surface area contributed by atoms with E-state index < -0.39 is 0 Å². The fourth-order valence-electron chi connectivity index (χ4n) is 3.73. The van der Waals surface area contributed by atoms with Crippen LogP contribution >= 0.6 is 0 Å². The van der Waals surface area contributed by atoms with Crippen molar-refractivity contribution in [2.45, 2.75) is 72.3 Å². The molecule has 1 fully saturated rings. The van der Waals surface area contributed by atoms with Crippen LogP contribution in [0, 0.1) is 26.2 Å². The summed E-state index contributed by atoms with van der Waals surface area (Å²) < 4.78 is 0. The summed E-state index contributed by atoms with van der Waals surface area (Å²) in [7, 11) is 0. The summed E-state index contributed by atoms with van der Waals surface area (Å²) in [4.78, 5) is 0. The van der Waals surface area contributed by atoms with Gasteiger partial charge in [-0.25, -0.2) is 0 Å². The minimum Gasteiger partial charge on any atom is -0.327 e. The fourth-order valence-corrected chi connectivity index (χ4v) is 3.73. The van der Waals surface area contributed by atoms with Crippen molar-refractivity contribution in [1.82, 2.24) is 0 Å². The zero-order valence-corrected chi connectivity index (χ0v) is 13.1. The van der Waals surface area contributed by atoms with Crippen molar-refractivity contribution in [3.8, 4) is 0 Å². The van der Waals surface area contributed by atoms with Gasteiger partial charge in [-0.1, -0.05) is 43.9 Å². The van der Waals surface area contributed by atoms with Crippen LogP contribution in [0.5, 0.6) is 0 Å². The topological polar surface area (TPSA) is 26.0 Å². The fraction of sp³-hybridized carbons (Fsp3) is 0.667. The quantitative estimate of drug-likeness (QED) is 0.852. The molecule has 0 bridgehead atoms. The van der Waals surface area contributed by atoms with Crippen molar-refractivity contribution >= 4 is 0 Å². The van der Waals surface area contributed by atoms with Crippen LogP contribution in [0.1, 0.15) is 61.3 Å². The van der Waals surface area contributed by atoms with Gasteiger partial charge in [0, 0.05) is 6.04 Å². The minimum absolute atomic E-state index is 0.299. The van der Waals surface area contributed by atoms with Crippen LogP contribution in [-0.2, 0) is 6.42 Å². The number of hydrogen-bond acceptors (Lipinski definition) is 1. The summed E-state index contributed by atoms with van der Waals surface area (Å²) in [6, 6.07) is 4.88. The van der Waals surface area contributed by atoms with Gasteiger partial charge in [0.25, 0.3) is 0 Å². The third-order valence-corrected chi connectivity index (χ3v) is 5.16. The maximum atomic E-state index is 6.59. The molecule has 0 heterocycles. The molecule has 19 heavy (non-hydrogen) atoms. The van der Waals surface area contributed by atoms with Crippen LogP contribution in [0.2, 0.25) is 0 Å². The van der Waals surface area contributed by atoms with Gasteiger partial charge in [0.15, 0.2) is 0 Å². The molecule has 1 unspecified atom stereocenters. The van der Waals surface area contributed by atoms with E-state index in [9.17, 15) is 0 Å². The summed E-state index contributed by atoms with van der Waals surface area (Å²) in [6.45, 7) is 9.03. The van der Waals surface area contributed by atoms with Gasteiger partial charge in [-0.3, -0.25) is 0 Å². The lowest BCUT2D eigenvalue weighted by molar-refractivity contribution is 0.168. The average molecular weight is 259 g/mol. The van der Waals surface area contributed by atoms with Gasteiger partial charge in [0.05, 0.1) is 0 Å². The first-order valence-electron chi connectivity index (χ1n) is 7.75. The Balaban J connectivity index is 2.16. The normalized spacial score (nSPS) is 20.3. The molecule has 0 saturated heterocycles. The SMILES string of the molecule is Cc1cc(C)c(CC(N)C2(C)CCCCC2)c(C)c1. The molecule has 2 rings (SSSR count). The molecular weight excluding hydrogens is 230 g/mol. The maximum Gasteiger partial charge on any atom is 0.0134 e. The van der Waals surface area contributed by atoms with Gasteiger partial charge in [0.2, 0.25) is 0 Å². The summed E-state index contributed by atoms with van der Waals surface area (Å²) >= 11 is 0. The molecule has 0 amide bonds. The molecule has 1 atom stereocenters. The van der Waals surface area contributed by atoms with Gasteiger partial charge in [-0.2, -0.15) is 0 Å². The van der Waals surface area contributed by atoms with Gasteiger partial charge in [-0.15, -0.1) is 0 Å². The Bertz CT molecular complexity index is 418. The molecule has 1 heteroatoms. The Labute approximate surface area is 118 Å². The van der Waals surface area contributed by atoms with Crippen LogP contribution < -0.4 is 5.73 Å². The number of benzene rings is 1. The predicted molar refractivity (Wildman–Crippen MR) is 83.5 cm³/mol. The van der Waals surface area contributed by atoms with E-state index in [4.69, 9.17) is 5.73 Å². The van der Waals surface area contributed by atoms with Crippen molar-refractivity contribution in [3.05, 3.63) is 34.4 Å². The first-order chi connectivity index (χ1) is 8.92. The van der Waals surface area contributed by atoms with Gasteiger partial charge >= 0.3 is 0 Å². The second-order valence-corrected chi connectivity index (χ2v) is 6.90. The van der Waals surface area contributed by atoms with E-state index in [0.717, 1.165) is 6.42 Å². The number of nitrogens with two attached hydrogens (primary N) is 1. The number of aryl methyl sites for hydroxylation is 3. The molecule has 106 valence electrons. The van der Waals surface area contributed by atoms with E-state index in [1.54, 1.807) is 0 Å². The molecule has 1 aromatic carbocycles. The lowest BCUT2D eigenvalue weighted by Gasteiger charge is -2.39. The molecule has 0 aromatic heterocycles. The largest absolute Gasteiger partial charge is 0.327 e. The lowest BCUT2D eigenvalue weighted by Crippen LogP contribution is -2.42. The van der Waals surface area contributed by atoms with E-state index in [-0.39, 0.29) is 0 Å². The predicted octanol–water partition coefficient (Wildman–Crippen LogP) is 4.45. The Morgan fingerprint density at radius 2 is 1.58 bits per heavy atom. The molecule has 0 spiro atoms. The van der Waals surface area contributed by atoms with E-state index in [0.29, 0.717) is 11.5 Å². The van der Waals surface area contributed by atoms with Gasteiger partial charge in [-0.05, 0) is 62.1 Å². The number of hydrogen-bond donors (Lipinski definition) is 1. The third-order valence-electron chi connectivity index (χ3n) is 5.16. The highest BCUT2D eigenvalue weighted by Crippen LogP contribution is 2.39. The molecule has 1 nitrogen and oxygen atoms in total.